The molecule has 0 spiro atoms. The maximum Gasteiger partial charge on any atom is 0.0497 e. The molecule has 3 atom stereocenters. The van der Waals surface area contributed by atoms with Crippen molar-refractivity contribution in [3.8, 4) is 0 Å². The van der Waals surface area contributed by atoms with E-state index in [2.05, 4.69) is 44.2 Å². The van der Waals surface area contributed by atoms with Gasteiger partial charge in [-0.15, -0.1) is 0 Å². The fourth-order valence-corrected chi connectivity index (χ4v) is 5.29. The topological polar surface area (TPSA) is 26.0 Å². The van der Waals surface area contributed by atoms with Crippen molar-refractivity contribution in [2.45, 2.75) is 51.5 Å². The molecule has 1 aromatic carbocycles. The standard InChI is InChI=1S/C17H25N/c1-3-16(4-2)14-10-11-15(12-14)17(16,18)13-8-6-5-7-9-13/h5-9,14-15H,3-4,10-12,18H2,1-2H3/t14?,15?,17-/m1/s1. The Morgan fingerprint density at radius 3 is 2.28 bits per heavy atom. The normalized spacial score (nSPS) is 37.1. The molecule has 2 aliphatic rings. The van der Waals surface area contributed by atoms with Gasteiger partial charge in [-0.25, -0.2) is 0 Å². The average Bonchev–Trinajstić information content (AvgIpc) is 2.99. The summed E-state index contributed by atoms with van der Waals surface area (Å²) in [6, 6.07) is 10.9. The van der Waals surface area contributed by atoms with E-state index in [4.69, 9.17) is 5.73 Å². The van der Waals surface area contributed by atoms with Gasteiger partial charge in [-0.2, -0.15) is 0 Å². The SMILES string of the molecule is CCC1(CC)C2CCC(C2)[C@]1(N)c1ccccc1. The Kier molecular flexibility index (Phi) is 2.78. The molecule has 1 nitrogen and oxygen atoms in total. The van der Waals surface area contributed by atoms with Crippen LogP contribution in [0.3, 0.4) is 0 Å². The monoisotopic (exact) mass is 243 g/mol. The molecule has 0 radical (unpaired) electrons. The zero-order chi connectivity index (χ0) is 12.8. The molecule has 2 saturated carbocycles. The lowest BCUT2D eigenvalue weighted by atomic mass is 9.56. The molecule has 0 aliphatic heterocycles. The van der Waals surface area contributed by atoms with Gasteiger partial charge in [0.2, 0.25) is 0 Å². The van der Waals surface area contributed by atoms with Crippen molar-refractivity contribution in [2.75, 3.05) is 0 Å². The minimum Gasteiger partial charge on any atom is -0.321 e. The van der Waals surface area contributed by atoms with Crippen LogP contribution in [0.4, 0.5) is 0 Å². The summed E-state index contributed by atoms with van der Waals surface area (Å²) in [7, 11) is 0. The van der Waals surface area contributed by atoms with Gasteiger partial charge in [-0.05, 0) is 54.9 Å². The van der Waals surface area contributed by atoms with Gasteiger partial charge in [-0.3, -0.25) is 0 Å². The van der Waals surface area contributed by atoms with Crippen LogP contribution in [-0.2, 0) is 5.54 Å². The van der Waals surface area contributed by atoms with Crippen LogP contribution in [0.15, 0.2) is 30.3 Å². The predicted octanol–water partition coefficient (Wildman–Crippen LogP) is 4.08. The Morgan fingerprint density at radius 1 is 1.06 bits per heavy atom. The summed E-state index contributed by atoms with van der Waals surface area (Å²) in [6.07, 6.45) is 6.52. The first-order chi connectivity index (χ1) is 8.69. The molecule has 1 aromatic rings. The third kappa shape index (κ3) is 1.26. The van der Waals surface area contributed by atoms with Crippen molar-refractivity contribution in [1.29, 1.82) is 0 Å². The van der Waals surface area contributed by atoms with Crippen LogP contribution in [0, 0.1) is 17.3 Å². The highest BCUT2D eigenvalue weighted by Crippen LogP contribution is 2.67. The third-order valence-corrected chi connectivity index (χ3v) is 6.20. The van der Waals surface area contributed by atoms with Crippen molar-refractivity contribution in [1.82, 2.24) is 0 Å². The van der Waals surface area contributed by atoms with Crippen LogP contribution < -0.4 is 5.73 Å². The van der Waals surface area contributed by atoms with Crippen molar-refractivity contribution < 1.29 is 0 Å². The van der Waals surface area contributed by atoms with Gasteiger partial charge in [0.05, 0.1) is 0 Å². The van der Waals surface area contributed by atoms with Crippen molar-refractivity contribution in [3.05, 3.63) is 35.9 Å². The molecule has 3 rings (SSSR count). The summed E-state index contributed by atoms with van der Waals surface area (Å²) in [6.45, 7) is 4.68. The molecule has 2 N–H and O–H groups in total. The Balaban J connectivity index is 2.13. The number of hydrogen-bond acceptors (Lipinski definition) is 1. The molecule has 0 amide bonds. The Labute approximate surface area is 111 Å². The van der Waals surface area contributed by atoms with Crippen LogP contribution in [0.1, 0.15) is 51.5 Å². The van der Waals surface area contributed by atoms with Crippen LogP contribution in [0.25, 0.3) is 0 Å². The van der Waals surface area contributed by atoms with Gasteiger partial charge in [-0.1, -0.05) is 44.2 Å². The summed E-state index contributed by atoms with van der Waals surface area (Å²) >= 11 is 0. The maximum atomic E-state index is 7.07. The fourth-order valence-electron chi connectivity index (χ4n) is 5.29. The van der Waals surface area contributed by atoms with Gasteiger partial charge in [0, 0.05) is 5.54 Å². The lowest BCUT2D eigenvalue weighted by Gasteiger charge is -2.51. The van der Waals surface area contributed by atoms with E-state index in [0.717, 1.165) is 5.92 Å². The molecule has 0 heterocycles. The number of fused-ring (bicyclic) bond motifs is 2. The molecular formula is C17H25N. The van der Waals surface area contributed by atoms with E-state index < -0.39 is 0 Å². The Bertz CT molecular complexity index is 420. The van der Waals surface area contributed by atoms with Crippen molar-refractivity contribution >= 4 is 0 Å². The molecule has 0 aromatic heterocycles. The summed E-state index contributed by atoms with van der Waals surface area (Å²) < 4.78 is 0. The Morgan fingerprint density at radius 2 is 1.67 bits per heavy atom. The molecule has 0 saturated heterocycles. The molecule has 1 heteroatoms. The largest absolute Gasteiger partial charge is 0.321 e. The van der Waals surface area contributed by atoms with E-state index in [9.17, 15) is 0 Å². The van der Waals surface area contributed by atoms with E-state index >= 15 is 0 Å². The highest BCUT2D eigenvalue weighted by Gasteiger charge is 2.64. The first kappa shape index (κ1) is 12.2. The molecule has 98 valence electrons. The lowest BCUT2D eigenvalue weighted by molar-refractivity contribution is 0.0355. The van der Waals surface area contributed by atoms with E-state index in [1.807, 2.05) is 0 Å². The third-order valence-electron chi connectivity index (χ3n) is 6.20. The Hall–Kier alpha value is -0.820. The number of hydrogen-bond donors (Lipinski definition) is 1. The van der Waals surface area contributed by atoms with Crippen LogP contribution in [0.5, 0.6) is 0 Å². The second-order valence-electron chi connectivity index (χ2n) is 6.31. The summed E-state index contributed by atoms with van der Waals surface area (Å²) in [4.78, 5) is 0. The zero-order valence-electron chi connectivity index (χ0n) is 11.7. The van der Waals surface area contributed by atoms with Crippen LogP contribution in [0.2, 0.25) is 0 Å². The van der Waals surface area contributed by atoms with Gasteiger partial charge in [0.15, 0.2) is 0 Å². The van der Waals surface area contributed by atoms with E-state index in [1.54, 1.807) is 0 Å². The van der Waals surface area contributed by atoms with Crippen LogP contribution >= 0.6 is 0 Å². The van der Waals surface area contributed by atoms with Gasteiger partial charge < -0.3 is 5.73 Å². The smallest absolute Gasteiger partial charge is 0.0497 e. The van der Waals surface area contributed by atoms with Crippen molar-refractivity contribution in [3.63, 3.8) is 0 Å². The number of rotatable bonds is 3. The van der Waals surface area contributed by atoms with Crippen LogP contribution in [-0.4, -0.2) is 0 Å². The van der Waals surface area contributed by atoms with Gasteiger partial charge in [0.1, 0.15) is 0 Å². The van der Waals surface area contributed by atoms with Gasteiger partial charge in [0.25, 0.3) is 0 Å². The summed E-state index contributed by atoms with van der Waals surface area (Å²) in [5.74, 6) is 1.55. The lowest BCUT2D eigenvalue weighted by Crippen LogP contribution is -2.56. The quantitative estimate of drug-likeness (QED) is 0.850. The average molecular weight is 243 g/mol. The first-order valence-electron chi connectivity index (χ1n) is 7.53. The summed E-state index contributed by atoms with van der Waals surface area (Å²) in [5, 5.41) is 0. The minimum atomic E-state index is -0.0827. The molecule has 18 heavy (non-hydrogen) atoms. The molecule has 2 fully saturated rings. The zero-order valence-corrected chi connectivity index (χ0v) is 11.7. The van der Waals surface area contributed by atoms with E-state index in [-0.39, 0.29) is 5.54 Å². The molecule has 2 unspecified atom stereocenters. The number of benzene rings is 1. The fraction of sp³-hybridized carbons (Fsp3) is 0.647. The highest BCUT2D eigenvalue weighted by atomic mass is 14.9. The molecule has 2 aliphatic carbocycles. The van der Waals surface area contributed by atoms with E-state index in [1.165, 1.54) is 37.7 Å². The second-order valence-corrected chi connectivity index (χ2v) is 6.31. The van der Waals surface area contributed by atoms with Crippen molar-refractivity contribution in [2.24, 2.45) is 23.0 Å². The summed E-state index contributed by atoms with van der Waals surface area (Å²) in [5.41, 5.74) is 8.69. The number of nitrogens with two attached hydrogens (primary N) is 1. The molecular weight excluding hydrogens is 218 g/mol. The highest BCUT2D eigenvalue weighted by molar-refractivity contribution is 5.33. The predicted molar refractivity (Wildman–Crippen MR) is 76.2 cm³/mol. The molecule has 2 bridgehead atoms. The second kappa shape index (κ2) is 4.09. The first-order valence-corrected chi connectivity index (χ1v) is 7.53. The van der Waals surface area contributed by atoms with E-state index in [0.29, 0.717) is 11.3 Å². The van der Waals surface area contributed by atoms with Gasteiger partial charge >= 0.3 is 0 Å². The maximum absolute atomic E-state index is 7.07. The minimum absolute atomic E-state index is 0.0827.